The molecule has 0 saturated carbocycles. The number of hydrogen-bond acceptors (Lipinski definition) is 4. The Morgan fingerprint density at radius 2 is 2.00 bits per heavy atom. The highest BCUT2D eigenvalue weighted by Crippen LogP contribution is 2.26. The van der Waals surface area contributed by atoms with E-state index in [-0.39, 0.29) is 19.0 Å². The summed E-state index contributed by atoms with van der Waals surface area (Å²) in [5.74, 6) is 0.709. The lowest BCUT2D eigenvalue weighted by Gasteiger charge is -2.40. The molecule has 0 spiro atoms. The summed E-state index contributed by atoms with van der Waals surface area (Å²) in [6.07, 6.45) is 4.64. The number of allylic oxidation sites excluding steroid dienone is 2. The number of nitrogens with zero attached hydrogens (tertiary/aromatic N) is 2. The van der Waals surface area contributed by atoms with E-state index in [9.17, 15) is 5.11 Å². The van der Waals surface area contributed by atoms with Crippen LogP contribution in [0.25, 0.3) is 5.57 Å². The number of nitriles is 1. The van der Waals surface area contributed by atoms with Gasteiger partial charge in [0.1, 0.15) is 18.5 Å². The molecule has 1 saturated heterocycles. The van der Waals surface area contributed by atoms with E-state index >= 15 is 0 Å². The van der Waals surface area contributed by atoms with E-state index in [1.165, 1.54) is 25.3 Å². The first kappa shape index (κ1) is 21.5. The summed E-state index contributed by atoms with van der Waals surface area (Å²) in [6, 6.07) is 10.7. The van der Waals surface area contributed by atoms with Crippen molar-refractivity contribution in [2.24, 2.45) is 0 Å². The molecule has 0 amide bonds. The third-order valence-corrected chi connectivity index (χ3v) is 4.82. The zero-order chi connectivity index (χ0) is 17.5. The van der Waals surface area contributed by atoms with Crippen LogP contribution < -0.4 is 4.74 Å². The van der Waals surface area contributed by atoms with Crippen molar-refractivity contribution < 1.29 is 9.84 Å². The Balaban J connectivity index is 0.00000312. The molecule has 0 bridgehead atoms. The van der Waals surface area contributed by atoms with Crippen molar-refractivity contribution in [3.8, 4) is 11.8 Å². The minimum Gasteiger partial charge on any atom is -0.490 e. The molecule has 1 aromatic rings. The average Bonchev–Trinajstić information content (AvgIpc) is 2.57. The van der Waals surface area contributed by atoms with Crippen LogP contribution in [0.15, 0.2) is 30.3 Å². The van der Waals surface area contributed by atoms with Gasteiger partial charge < -0.3 is 9.84 Å². The van der Waals surface area contributed by atoms with Gasteiger partial charge in [0.25, 0.3) is 0 Å². The molecule has 3 atom stereocenters. The first-order valence-electron chi connectivity index (χ1n) is 8.75. The van der Waals surface area contributed by atoms with Crippen molar-refractivity contribution in [3.05, 3.63) is 35.9 Å². The summed E-state index contributed by atoms with van der Waals surface area (Å²) >= 11 is 0. The Morgan fingerprint density at radius 1 is 1.36 bits per heavy atom. The fourth-order valence-corrected chi connectivity index (χ4v) is 3.41. The van der Waals surface area contributed by atoms with Crippen molar-refractivity contribution in [3.63, 3.8) is 0 Å². The number of benzene rings is 1. The quantitative estimate of drug-likeness (QED) is 0.774. The Morgan fingerprint density at radius 3 is 2.64 bits per heavy atom. The number of rotatable bonds is 6. The van der Waals surface area contributed by atoms with Crippen molar-refractivity contribution in [1.29, 1.82) is 5.26 Å². The number of piperidine rings is 1. The number of hydrogen-bond donors (Lipinski definition) is 1. The average molecular weight is 365 g/mol. The van der Waals surface area contributed by atoms with Crippen LogP contribution in [0, 0.1) is 11.3 Å². The Labute approximate surface area is 157 Å². The highest BCUT2D eigenvalue weighted by Gasteiger charge is 2.26. The monoisotopic (exact) mass is 364 g/mol. The van der Waals surface area contributed by atoms with Gasteiger partial charge >= 0.3 is 0 Å². The highest BCUT2D eigenvalue weighted by molar-refractivity contribution is 5.85. The third kappa shape index (κ3) is 6.04. The lowest BCUT2D eigenvalue weighted by molar-refractivity contribution is 0.0208. The van der Waals surface area contributed by atoms with E-state index < -0.39 is 6.10 Å². The zero-order valence-electron chi connectivity index (χ0n) is 15.3. The van der Waals surface area contributed by atoms with Gasteiger partial charge in [-0.15, -0.1) is 12.4 Å². The summed E-state index contributed by atoms with van der Waals surface area (Å²) in [5.41, 5.74) is 1.76. The van der Waals surface area contributed by atoms with Gasteiger partial charge in [0.15, 0.2) is 0 Å². The molecule has 1 fully saturated rings. The Kier molecular flexibility index (Phi) is 8.99. The molecule has 1 N–H and O–H groups in total. The predicted molar refractivity (Wildman–Crippen MR) is 104 cm³/mol. The lowest BCUT2D eigenvalue weighted by Crippen LogP contribution is -2.48. The molecule has 0 aromatic heterocycles. The summed E-state index contributed by atoms with van der Waals surface area (Å²) in [5, 5.41) is 19.2. The standard InChI is InChI=1S/C20H28N2O2.ClH/c1-15(11-12-21)19-9-4-5-10-20(19)24-14-18(23)13-22-16(2)7-6-8-17(22)3;/h4-5,9-11,16-18,23H,6-8,13-14H2,1-3H3;1H/b15-11-;. The maximum absolute atomic E-state index is 10.4. The summed E-state index contributed by atoms with van der Waals surface area (Å²) in [7, 11) is 0. The number of ether oxygens (including phenoxy) is 1. The van der Waals surface area contributed by atoms with Crippen LogP contribution in [-0.4, -0.2) is 41.3 Å². The minimum atomic E-state index is -0.527. The molecule has 1 aliphatic rings. The molecule has 0 aliphatic carbocycles. The van der Waals surface area contributed by atoms with Crippen molar-refractivity contribution in [1.82, 2.24) is 4.90 Å². The third-order valence-electron chi connectivity index (χ3n) is 4.82. The molecule has 4 nitrogen and oxygen atoms in total. The molecular weight excluding hydrogens is 336 g/mol. The maximum atomic E-state index is 10.4. The van der Waals surface area contributed by atoms with Gasteiger partial charge in [-0.1, -0.05) is 24.6 Å². The van der Waals surface area contributed by atoms with Crippen LogP contribution in [-0.2, 0) is 0 Å². The smallest absolute Gasteiger partial charge is 0.126 e. The fourth-order valence-electron chi connectivity index (χ4n) is 3.41. The first-order valence-corrected chi connectivity index (χ1v) is 8.75. The Bertz CT molecular complexity index is 602. The van der Waals surface area contributed by atoms with E-state index in [2.05, 4.69) is 18.7 Å². The number of β-amino-alcohol motifs (C(OH)–C–C–N with tert-alkyl or cyclic N) is 1. The zero-order valence-corrected chi connectivity index (χ0v) is 16.1. The van der Waals surface area contributed by atoms with E-state index in [4.69, 9.17) is 10.00 Å². The lowest BCUT2D eigenvalue weighted by atomic mass is 9.97. The van der Waals surface area contributed by atoms with Gasteiger partial charge in [0.2, 0.25) is 0 Å². The SMILES string of the molecule is C/C(=C/C#N)c1ccccc1OCC(O)CN1C(C)CCCC1C.Cl. The van der Waals surface area contributed by atoms with Gasteiger partial charge in [-0.05, 0) is 45.3 Å². The van der Waals surface area contributed by atoms with Gasteiger partial charge in [0, 0.05) is 30.3 Å². The van der Waals surface area contributed by atoms with Gasteiger partial charge in [-0.25, -0.2) is 0 Å². The van der Waals surface area contributed by atoms with Gasteiger partial charge in [-0.2, -0.15) is 5.26 Å². The number of likely N-dealkylation sites (tertiary alicyclic amines) is 1. The number of aliphatic hydroxyl groups is 1. The summed E-state index contributed by atoms with van der Waals surface area (Å²) < 4.78 is 5.85. The van der Waals surface area contributed by atoms with Crippen molar-refractivity contribution in [2.45, 2.75) is 58.2 Å². The molecule has 25 heavy (non-hydrogen) atoms. The number of halogens is 1. The van der Waals surface area contributed by atoms with Crippen LogP contribution in [0.5, 0.6) is 5.75 Å². The Hall–Kier alpha value is -1.54. The van der Waals surface area contributed by atoms with Crippen LogP contribution >= 0.6 is 12.4 Å². The molecule has 1 aromatic carbocycles. The summed E-state index contributed by atoms with van der Waals surface area (Å²) in [4.78, 5) is 2.38. The van der Waals surface area contributed by atoms with E-state index in [1.807, 2.05) is 37.3 Å². The predicted octanol–water partition coefficient (Wildman–Crippen LogP) is 4.04. The second kappa shape index (κ2) is 10.5. The normalized spacial score (nSPS) is 22.6. The fraction of sp³-hybridized carbons (Fsp3) is 0.550. The topological polar surface area (TPSA) is 56.5 Å². The van der Waals surface area contributed by atoms with E-state index in [0.717, 1.165) is 11.1 Å². The van der Waals surface area contributed by atoms with Crippen LogP contribution in [0.1, 0.15) is 45.6 Å². The van der Waals surface area contributed by atoms with E-state index in [0.29, 0.717) is 24.4 Å². The number of aliphatic hydroxyl groups excluding tert-OH is 1. The summed E-state index contributed by atoms with van der Waals surface area (Å²) in [6.45, 7) is 7.24. The molecule has 5 heteroatoms. The highest BCUT2D eigenvalue weighted by atomic mass is 35.5. The van der Waals surface area contributed by atoms with Crippen LogP contribution in [0.2, 0.25) is 0 Å². The minimum absolute atomic E-state index is 0. The second-order valence-electron chi connectivity index (χ2n) is 6.74. The molecule has 138 valence electrons. The number of para-hydroxylation sites is 1. The van der Waals surface area contributed by atoms with Crippen molar-refractivity contribution >= 4 is 18.0 Å². The molecular formula is C20H29ClN2O2. The second-order valence-corrected chi connectivity index (χ2v) is 6.74. The van der Waals surface area contributed by atoms with Gasteiger partial charge in [-0.3, -0.25) is 4.90 Å². The molecule has 1 heterocycles. The van der Waals surface area contributed by atoms with Crippen molar-refractivity contribution in [2.75, 3.05) is 13.2 Å². The van der Waals surface area contributed by atoms with Gasteiger partial charge in [0.05, 0.1) is 6.07 Å². The van der Waals surface area contributed by atoms with Crippen LogP contribution in [0.3, 0.4) is 0 Å². The molecule has 0 radical (unpaired) electrons. The molecule has 1 aliphatic heterocycles. The van der Waals surface area contributed by atoms with Crippen LogP contribution in [0.4, 0.5) is 0 Å². The largest absolute Gasteiger partial charge is 0.490 e. The van der Waals surface area contributed by atoms with E-state index in [1.54, 1.807) is 0 Å². The molecule has 2 rings (SSSR count). The molecule has 3 unspecified atom stereocenters. The first-order chi connectivity index (χ1) is 11.5. The maximum Gasteiger partial charge on any atom is 0.126 e.